The van der Waals surface area contributed by atoms with Crippen LogP contribution in [0.5, 0.6) is 0 Å². The van der Waals surface area contributed by atoms with Crippen molar-refractivity contribution in [3.63, 3.8) is 0 Å². The minimum absolute atomic E-state index is 0.0117. The Morgan fingerprint density at radius 2 is 2.25 bits per heavy atom. The van der Waals surface area contributed by atoms with Crippen molar-refractivity contribution in [1.29, 1.82) is 0 Å². The number of amides is 1. The highest BCUT2D eigenvalue weighted by molar-refractivity contribution is 5.87. The van der Waals surface area contributed by atoms with E-state index in [1.165, 1.54) is 7.11 Å². The molecule has 0 spiro atoms. The number of likely N-dealkylation sites (tertiary alicyclic amines) is 1. The van der Waals surface area contributed by atoms with Gasteiger partial charge >= 0.3 is 5.97 Å². The highest BCUT2D eigenvalue weighted by atomic mass is 16.5. The number of hydrogen-bond donors (Lipinski definition) is 0. The molecule has 0 bridgehead atoms. The molecule has 7 nitrogen and oxygen atoms in total. The van der Waals surface area contributed by atoms with E-state index in [1.807, 2.05) is 36.2 Å². The van der Waals surface area contributed by atoms with E-state index in [2.05, 4.69) is 14.7 Å². The predicted molar refractivity (Wildman–Crippen MR) is 88.0 cm³/mol. The lowest BCUT2D eigenvalue weighted by Crippen LogP contribution is -2.41. The molecule has 3 rings (SSSR count). The van der Waals surface area contributed by atoms with Crippen molar-refractivity contribution in [3.8, 4) is 0 Å². The van der Waals surface area contributed by atoms with Crippen LogP contribution in [0.2, 0.25) is 0 Å². The average molecular weight is 328 g/mol. The Morgan fingerprint density at radius 1 is 1.42 bits per heavy atom. The number of ether oxygens (including phenoxy) is 1. The summed E-state index contributed by atoms with van der Waals surface area (Å²) >= 11 is 0. The molecule has 3 heterocycles. The molecular formula is C17H20N4O3. The molecule has 2 aromatic rings. The fourth-order valence-corrected chi connectivity index (χ4v) is 2.95. The number of methoxy groups -OCH3 is 1. The molecule has 0 radical (unpaired) electrons. The van der Waals surface area contributed by atoms with Crippen molar-refractivity contribution < 1.29 is 14.3 Å². The molecule has 1 aliphatic rings. The van der Waals surface area contributed by atoms with E-state index >= 15 is 0 Å². The van der Waals surface area contributed by atoms with Crippen LogP contribution >= 0.6 is 0 Å². The zero-order valence-electron chi connectivity index (χ0n) is 13.8. The molecule has 126 valence electrons. The third-order valence-electron chi connectivity index (χ3n) is 4.28. The fraction of sp³-hybridized carbons (Fsp3) is 0.412. The molecule has 0 N–H and O–H groups in total. The Labute approximate surface area is 140 Å². The molecule has 0 saturated carbocycles. The van der Waals surface area contributed by atoms with Crippen LogP contribution in [0.4, 0.5) is 0 Å². The van der Waals surface area contributed by atoms with Crippen LogP contribution < -0.4 is 0 Å². The fourth-order valence-electron chi connectivity index (χ4n) is 2.95. The summed E-state index contributed by atoms with van der Waals surface area (Å²) in [5.41, 5.74) is 1.57. The summed E-state index contributed by atoms with van der Waals surface area (Å²) < 4.78 is 4.63. The van der Waals surface area contributed by atoms with Crippen molar-refractivity contribution in [2.45, 2.75) is 19.0 Å². The molecule has 1 fully saturated rings. The maximum Gasteiger partial charge on any atom is 0.325 e. The zero-order valence-corrected chi connectivity index (χ0v) is 13.8. The van der Waals surface area contributed by atoms with Crippen LogP contribution in [0.3, 0.4) is 0 Å². The maximum atomic E-state index is 12.4. The summed E-state index contributed by atoms with van der Waals surface area (Å²) in [6, 6.07) is 7.54. The number of nitrogens with zero attached hydrogens (tertiary/aromatic N) is 4. The first kappa shape index (κ1) is 16.3. The molecule has 1 saturated heterocycles. The first-order valence-corrected chi connectivity index (χ1v) is 7.85. The van der Waals surface area contributed by atoms with E-state index in [1.54, 1.807) is 11.1 Å². The summed E-state index contributed by atoms with van der Waals surface area (Å²) in [6.45, 7) is 1.13. The number of fused-ring (bicyclic) bond motifs is 1. The summed E-state index contributed by atoms with van der Waals surface area (Å²) in [5.74, 6) is -0.435. The van der Waals surface area contributed by atoms with Crippen LogP contribution in [-0.4, -0.2) is 64.9 Å². The first-order chi connectivity index (χ1) is 11.6. The highest BCUT2D eigenvalue weighted by Gasteiger charge is 2.35. The van der Waals surface area contributed by atoms with E-state index < -0.39 is 5.97 Å². The number of pyridine rings is 2. The van der Waals surface area contributed by atoms with Gasteiger partial charge in [0.1, 0.15) is 6.54 Å². The van der Waals surface area contributed by atoms with E-state index in [0.29, 0.717) is 25.2 Å². The van der Waals surface area contributed by atoms with E-state index in [0.717, 1.165) is 11.1 Å². The highest BCUT2D eigenvalue weighted by Crippen LogP contribution is 2.18. The largest absolute Gasteiger partial charge is 0.468 e. The SMILES string of the molecule is COC(=O)CN1CC[C@H](N(C)Cc2ccc3cccnc3n2)C1=O. The van der Waals surface area contributed by atoms with Crippen LogP contribution in [-0.2, 0) is 20.9 Å². The predicted octanol–water partition coefficient (Wildman–Crippen LogP) is 0.835. The van der Waals surface area contributed by atoms with E-state index in [4.69, 9.17) is 0 Å². The standard InChI is InChI=1S/C17H20N4O3/c1-20(14-7-9-21(17(14)23)11-15(22)24-2)10-13-6-5-12-4-3-8-18-16(12)19-13/h3-6,8,14H,7,9-11H2,1-2H3/t14-/m0/s1. The second kappa shape index (κ2) is 6.92. The lowest BCUT2D eigenvalue weighted by molar-refractivity contribution is -0.146. The molecule has 7 heteroatoms. The van der Waals surface area contributed by atoms with Crippen LogP contribution in [0, 0.1) is 0 Å². The number of rotatable bonds is 5. The van der Waals surface area contributed by atoms with Crippen LogP contribution in [0.1, 0.15) is 12.1 Å². The van der Waals surface area contributed by atoms with Crippen molar-refractivity contribution in [2.75, 3.05) is 27.2 Å². The Morgan fingerprint density at radius 3 is 3.04 bits per heavy atom. The lowest BCUT2D eigenvalue weighted by atomic mass is 10.2. The van der Waals surface area contributed by atoms with Gasteiger partial charge < -0.3 is 9.64 Å². The van der Waals surface area contributed by atoms with Crippen molar-refractivity contribution in [1.82, 2.24) is 19.8 Å². The Bertz CT molecular complexity index is 764. The number of hydrogen-bond acceptors (Lipinski definition) is 6. The van der Waals surface area contributed by atoms with Gasteiger partial charge in [0.2, 0.25) is 5.91 Å². The molecule has 1 amide bonds. The molecule has 1 atom stereocenters. The Balaban J connectivity index is 1.66. The van der Waals surface area contributed by atoms with Crippen molar-refractivity contribution >= 4 is 22.9 Å². The molecule has 2 aromatic heterocycles. The summed E-state index contributed by atoms with van der Waals surface area (Å²) in [6.07, 6.45) is 2.41. The monoisotopic (exact) mass is 328 g/mol. The average Bonchev–Trinajstić information content (AvgIpc) is 2.95. The molecular weight excluding hydrogens is 308 g/mol. The number of aromatic nitrogens is 2. The topological polar surface area (TPSA) is 75.6 Å². The number of carbonyl (C=O) groups is 2. The zero-order chi connectivity index (χ0) is 17.1. The Hall–Kier alpha value is -2.54. The van der Waals surface area contributed by atoms with Crippen molar-refractivity contribution in [3.05, 3.63) is 36.2 Å². The number of esters is 1. The first-order valence-electron chi connectivity index (χ1n) is 7.85. The minimum Gasteiger partial charge on any atom is -0.468 e. The summed E-state index contributed by atoms with van der Waals surface area (Å²) in [7, 11) is 3.22. The molecule has 0 aromatic carbocycles. The van der Waals surface area contributed by atoms with Gasteiger partial charge in [0.05, 0.1) is 18.8 Å². The van der Waals surface area contributed by atoms with Gasteiger partial charge in [0.25, 0.3) is 0 Å². The molecule has 24 heavy (non-hydrogen) atoms. The third-order valence-corrected chi connectivity index (χ3v) is 4.28. The summed E-state index contributed by atoms with van der Waals surface area (Å²) in [4.78, 5) is 36.1. The van der Waals surface area contributed by atoms with Gasteiger partial charge in [-0.1, -0.05) is 0 Å². The van der Waals surface area contributed by atoms with Gasteiger partial charge in [-0.2, -0.15) is 0 Å². The maximum absolute atomic E-state index is 12.4. The van der Waals surface area contributed by atoms with E-state index in [9.17, 15) is 9.59 Å². The molecule has 0 unspecified atom stereocenters. The van der Waals surface area contributed by atoms with Gasteiger partial charge in [-0.15, -0.1) is 0 Å². The Kier molecular flexibility index (Phi) is 4.71. The summed E-state index contributed by atoms with van der Waals surface area (Å²) in [5, 5.41) is 0.991. The minimum atomic E-state index is -0.395. The normalized spacial score (nSPS) is 17.7. The number of likely N-dealkylation sites (N-methyl/N-ethyl adjacent to an activating group) is 1. The number of carbonyl (C=O) groups excluding carboxylic acids is 2. The smallest absolute Gasteiger partial charge is 0.325 e. The van der Waals surface area contributed by atoms with Gasteiger partial charge in [-0.3, -0.25) is 14.5 Å². The second-order valence-corrected chi connectivity index (χ2v) is 5.91. The van der Waals surface area contributed by atoms with Crippen molar-refractivity contribution in [2.24, 2.45) is 0 Å². The van der Waals surface area contributed by atoms with E-state index in [-0.39, 0.29) is 18.5 Å². The van der Waals surface area contributed by atoms with Gasteiger partial charge in [-0.05, 0) is 37.7 Å². The second-order valence-electron chi connectivity index (χ2n) is 5.91. The lowest BCUT2D eigenvalue weighted by Gasteiger charge is -2.23. The van der Waals surface area contributed by atoms with Crippen LogP contribution in [0.25, 0.3) is 11.0 Å². The van der Waals surface area contributed by atoms with Gasteiger partial charge in [-0.25, -0.2) is 9.97 Å². The molecule has 1 aliphatic heterocycles. The third kappa shape index (κ3) is 3.35. The van der Waals surface area contributed by atoms with Gasteiger partial charge in [0.15, 0.2) is 5.65 Å². The van der Waals surface area contributed by atoms with Crippen LogP contribution in [0.15, 0.2) is 30.5 Å². The van der Waals surface area contributed by atoms with Gasteiger partial charge in [0, 0.05) is 24.7 Å². The quantitative estimate of drug-likeness (QED) is 0.757. The molecule has 0 aliphatic carbocycles.